The number of piperidine rings is 1. The maximum Gasteiger partial charge on any atom is 0.0631 e. The maximum absolute atomic E-state index is 5.97. The molecule has 2 aliphatic heterocycles. The van der Waals surface area contributed by atoms with Crippen molar-refractivity contribution in [2.75, 3.05) is 19.7 Å². The van der Waals surface area contributed by atoms with Crippen LogP contribution in [0.1, 0.15) is 38.7 Å². The van der Waals surface area contributed by atoms with Crippen LogP contribution in [-0.2, 0) is 11.2 Å². The molecule has 0 aromatic heterocycles. The molecule has 1 N–H and O–H groups in total. The number of rotatable bonds is 2. The Hall–Kier alpha value is -0.860. The fourth-order valence-electron chi connectivity index (χ4n) is 4.30. The zero-order valence-electron chi connectivity index (χ0n) is 12.8. The average molecular weight is 273 g/mol. The lowest BCUT2D eigenvalue weighted by Crippen LogP contribution is -2.52. The Balaban J connectivity index is 1.80. The zero-order chi connectivity index (χ0) is 14.1. The number of ether oxygens (including phenoxy) is 1. The van der Waals surface area contributed by atoms with Crippen molar-refractivity contribution in [3.63, 3.8) is 0 Å². The predicted octanol–water partition coefficient (Wildman–Crippen LogP) is 3.41. The van der Waals surface area contributed by atoms with Crippen molar-refractivity contribution in [3.05, 3.63) is 35.9 Å². The summed E-state index contributed by atoms with van der Waals surface area (Å²) in [5, 5.41) is 3.61. The van der Waals surface area contributed by atoms with Crippen LogP contribution in [0.4, 0.5) is 0 Å². The Morgan fingerprint density at radius 3 is 2.75 bits per heavy atom. The van der Waals surface area contributed by atoms with Crippen molar-refractivity contribution < 1.29 is 4.74 Å². The lowest BCUT2D eigenvalue weighted by Gasteiger charge is -2.52. The molecule has 3 rings (SSSR count). The van der Waals surface area contributed by atoms with Crippen LogP contribution in [0.15, 0.2) is 30.3 Å². The minimum Gasteiger partial charge on any atom is -0.376 e. The summed E-state index contributed by atoms with van der Waals surface area (Å²) in [6, 6.07) is 11.0. The molecule has 2 nitrogen and oxygen atoms in total. The molecule has 0 aliphatic carbocycles. The van der Waals surface area contributed by atoms with Gasteiger partial charge in [0.1, 0.15) is 0 Å². The van der Waals surface area contributed by atoms with Crippen LogP contribution in [0.2, 0.25) is 0 Å². The van der Waals surface area contributed by atoms with Crippen LogP contribution in [0.3, 0.4) is 0 Å². The van der Waals surface area contributed by atoms with E-state index in [1.165, 1.54) is 37.8 Å². The summed E-state index contributed by atoms with van der Waals surface area (Å²) < 4.78 is 5.97. The van der Waals surface area contributed by atoms with E-state index in [2.05, 4.69) is 49.5 Å². The van der Waals surface area contributed by atoms with E-state index in [9.17, 15) is 0 Å². The van der Waals surface area contributed by atoms with Gasteiger partial charge in [-0.2, -0.15) is 0 Å². The first-order chi connectivity index (χ1) is 9.60. The van der Waals surface area contributed by atoms with Gasteiger partial charge in [-0.25, -0.2) is 0 Å². The van der Waals surface area contributed by atoms with Crippen molar-refractivity contribution >= 4 is 0 Å². The average Bonchev–Trinajstić information content (AvgIpc) is 2.42. The van der Waals surface area contributed by atoms with E-state index in [-0.39, 0.29) is 5.60 Å². The predicted molar refractivity (Wildman–Crippen MR) is 82.8 cm³/mol. The molecule has 20 heavy (non-hydrogen) atoms. The Morgan fingerprint density at radius 1 is 1.20 bits per heavy atom. The van der Waals surface area contributed by atoms with E-state index in [4.69, 9.17) is 4.74 Å². The summed E-state index contributed by atoms with van der Waals surface area (Å²) >= 11 is 0. The third-order valence-corrected chi connectivity index (χ3v) is 5.25. The highest BCUT2D eigenvalue weighted by molar-refractivity contribution is 5.16. The molecule has 2 fully saturated rings. The van der Waals surface area contributed by atoms with Gasteiger partial charge in [0.15, 0.2) is 0 Å². The summed E-state index contributed by atoms with van der Waals surface area (Å²) in [6.45, 7) is 7.77. The fourth-order valence-corrected chi connectivity index (χ4v) is 4.30. The molecule has 110 valence electrons. The van der Waals surface area contributed by atoms with Crippen LogP contribution < -0.4 is 5.32 Å². The highest BCUT2D eigenvalue weighted by Gasteiger charge is 2.46. The van der Waals surface area contributed by atoms with Gasteiger partial charge in [0, 0.05) is 6.61 Å². The molecule has 2 heteroatoms. The molecule has 1 aromatic rings. The smallest absolute Gasteiger partial charge is 0.0631 e. The molecular weight excluding hydrogens is 246 g/mol. The van der Waals surface area contributed by atoms with Crippen molar-refractivity contribution in [2.24, 2.45) is 11.3 Å². The summed E-state index contributed by atoms with van der Waals surface area (Å²) in [6.07, 6.45) is 4.94. The Labute approximate surface area is 122 Å². The van der Waals surface area contributed by atoms with Gasteiger partial charge in [-0.15, -0.1) is 0 Å². The van der Waals surface area contributed by atoms with E-state index in [1.54, 1.807) is 0 Å². The first-order valence-corrected chi connectivity index (χ1v) is 7.98. The molecule has 0 saturated carbocycles. The van der Waals surface area contributed by atoms with Gasteiger partial charge < -0.3 is 10.1 Å². The van der Waals surface area contributed by atoms with Crippen molar-refractivity contribution in [1.29, 1.82) is 0 Å². The summed E-state index contributed by atoms with van der Waals surface area (Å²) in [4.78, 5) is 0. The maximum atomic E-state index is 5.97. The van der Waals surface area contributed by atoms with Crippen molar-refractivity contribution in [1.82, 2.24) is 5.32 Å². The normalized spacial score (nSPS) is 33.2. The molecule has 0 bridgehead atoms. The summed E-state index contributed by atoms with van der Waals surface area (Å²) in [7, 11) is 0. The third-order valence-electron chi connectivity index (χ3n) is 5.25. The highest BCUT2D eigenvalue weighted by Crippen LogP contribution is 2.48. The van der Waals surface area contributed by atoms with E-state index in [1.807, 2.05) is 0 Å². The van der Waals surface area contributed by atoms with Crippen LogP contribution in [-0.4, -0.2) is 25.3 Å². The minimum absolute atomic E-state index is 0.0462. The van der Waals surface area contributed by atoms with Gasteiger partial charge >= 0.3 is 0 Å². The number of hydrogen-bond donors (Lipinski definition) is 1. The molecule has 1 aromatic carbocycles. The largest absolute Gasteiger partial charge is 0.376 e. The standard InChI is InChI=1S/C18H27NO/c1-17(2)14-18(9-11-20-17)8-10-19-13-16(18)12-15-6-4-3-5-7-15/h3-7,16,19H,8-14H2,1-2H3. The van der Waals surface area contributed by atoms with Crippen LogP contribution in [0, 0.1) is 11.3 Å². The Morgan fingerprint density at radius 2 is 2.00 bits per heavy atom. The molecular formula is C18H27NO. The van der Waals surface area contributed by atoms with Gasteiger partial charge in [-0.3, -0.25) is 0 Å². The van der Waals surface area contributed by atoms with Gasteiger partial charge in [-0.05, 0) is 69.5 Å². The van der Waals surface area contributed by atoms with Crippen LogP contribution >= 0.6 is 0 Å². The number of benzene rings is 1. The monoisotopic (exact) mass is 273 g/mol. The first kappa shape index (κ1) is 14.1. The molecule has 1 spiro atoms. The molecule has 0 radical (unpaired) electrons. The Kier molecular flexibility index (Phi) is 3.87. The van der Waals surface area contributed by atoms with Crippen molar-refractivity contribution in [2.45, 2.75) is 45.1 Å². The molecule has 2 unspecified atom stereocenters. The van der Waals surface area contributed by atoms with E-state index >= 15 is 0 Å². The highest BCUT2D eigenvalue weighted by atomic mass is 16.5. The molecule has 2 aliphatic rings. The fraction of sp³-hybridized carbons (Fsp3) is 0.667. The van der Waals surface area contributed by atoms with Gasteiger partial charge in [-0.1, -0.05) is 30.3 Å². The third kappa shape index (κ3) is 2.91. The number of hydrogen-bond acceptors (Lipinski definition) is 2. The van der Waals surface area contributed by atoms with Crippen LogP contribution in [0.5, 0.6) is 0 Å². The van der Waals surface area contributed by atoms with E-state index < -0.39 is 0 Å². The van der Waals surface area contributed by atoms with E-state index in [0.717, 1.165) is 19.1 Å². The first-order valence-electron chi connectivity index (χ1n) is 7.98. The second-order valence-corrected chi connectivity index (χ2v) is 7.24. The zero-order valence-corrected chi connectivity index (χ0v) is 12.8. The Bertz CT molecular complexity index is 438. The minimum atomic E-state index is 0.0462. The lowest BCUT2D eigenvalue weighted by atomic mass is 9.61. The second kappa shape index (κ2) is 5.50. The lowest BCUT2D eigenvalue weighted by molar-refractivity contribution is -0.129. The molecule has 2 atom stereocenters. The topological polar surface area (TPSA) is 21.3 Å². The van der Waals surface area contributed by atoms with Gasteiger partial charge in [0.05, 0.1) is 5.60 Å². The number of nitrogens with one attached hydrogen (secondary N) is 1. The summed E-state index contributed by atoms with van der Waals surface area (Å²) in [5.41, 5.74) is 2.00. The van der Waals surface area contributed by atoms with Gasteiger partial charge in [0.2, 0.25) is 0 Å². The van der Waals surface area contributed by atoms with Gasteiger partial charge in [0.25, 0.3) is 0 Å². The molecule has 2 saturated heterocycles. The SMILES string of the molecule is CC1(C)CC2(CCNCC2Cc2ccccc2)CCO1. The van der Waals surface area contributed by atoms with Crippen molar-refractivity contribution in [3.8, 4) is 0 Å². The van der Waals surface area contributed by atoms with E-state index in [0.29, 0.717) is 5.41 Å². The molecule has 2 heterocycles. The van der Waals surface area contributed by atoms with Crippen LogP contribution in [0.25, 0.3) is 0 Å². The quantitative estimate of drug-likeness (QED) is 0.891. The second-order valence-electron chi connectivity index (χ2n) is 7.24. The molecule has 0 amide bonds. The summed E-state index contributed by atoms with van der Waals surface area (Å²) in [5.74, 6) is 0.738.